The number of hydrogen-bond acceptors (Lipinski definition) is 5. The highest BCUT2D eigenvalue weighted by Gasteiger charge is 2.34. The zero-order chi connectivity index (χ0) is 18.6. The summed E-state index contributed by atoms with van der Waals surface area (Å²) in [5.41, 5.74) is 1.25. The molecule has 10 heteroatoms. The number of carbonyl (C=O) groups is 3. The Kier molecular flexibility index (Phi) is 6.37. The first kappa shape index (κ1) is 19.6. The second kappa shape index (κ2) is 8.12. The number of alkyl carbamates (subject to hydrolysis) is 1. The van der Waals surface area contributed by atoms with Gasteiger partial charge in [-0.2, -0.15) is 0 Å². The Morgan fingerprint density at radius 3 is 2.64 bits per heavy atom. The van der Waals surface area contributed by atoms with E-state index in [0.717, 1.165) is 0 Å². The van der Waals surface area contributed by atoms with E-state index in [4.69, 9.17) is 44.3 Å². The molecule has 2 N–H and O–H groups in total. The molecule has 1 aliphatic rings. The Bertz CT molecular complexity index is 677. The number of hydrogen-bond donors (Lipinski definition) is 2. The number of halogens is 3. The molecule has 25 heavy (non-hydrogen) atoms. The van der Waals surface area contributed by atoms with Crippen LogP contribution in [0.3, 0.4) is 0 Å². The van der Waals surface area contributed by atoms with Crippen LogP contribution in [0, 0.1) is 0 Å². The van der Waals surface area contributed by atoms with E-state index >= 15 is 0 Å². The lowest BCUT2D eigenvalue weighted by molar-refractivity contribution is -0.145. The molecule has 1 aromatic rings. The third-order valence-electron chi connectivity index (χ3n) is 3.48. The lowest BCUT2D eigenvalue weighted by Crippen LogP contribution is -2.46. The van der Waals surface area contributed by atoms with Crippen LogP contribution in [-0.2, 0) is 25.5 Å². The molecule has 1 aliphatic heterocycles. The Balaban J connectivity index is 2.21. The first-order chi connectivity index (χ1) is 11.7. The summed E-state index contributed by atoms with van der Waals surface area (Å²) in [5.74, 6) is -1.16. The Labute approximate surface area is 158 Å². The van der Waals surface area contributed by atoms with Crippen LogP contribution in [0.4, 0.5) is 4.79 Å². The lowest BCUT2D eigenvalue weighted by atomic mass is 9.97. The molecule has 136 valence electrons. The van der Waals surface area contributed by atoms with Crippen LogP contribution >= 0.6 is 34.8 Å². The molecule has 0 aliphatic carbocycles. The number of amides is 2. The van der Waals surface area contributed by atoms with Gasteiger partial charge in [0.2, 0.25) is 9.70 Å². The van der Waals surface area contributed by atoms with Crippen molar-refractivity contribution in [3.8, 4) is 0 Å². The summed E-state index contributed by atoms with van der Waals surface area (Å²) in [5, 5.41) is 4.96. The molecule has 1 unspecified atom stereocenters. The van der Waals surface area contributed by atoms with Gasteiger partial charge in [-0.15, -0.1) is 0 Å². The maximum atomic E-state index is 12.5. The summed E-state index contributed by atoms with van der Waals surface area (Å²) < 4.78 is 7.72. The number of ether oxygens (including phenoxy) is 2. The summed E-state index contributed by atoms with van der Waals surface area (Å²) in [6.45, 7) is -0.482. The van der Waals surface area contributed by atoms with Crippen molar-refractivity contribution in [3.05, 3.63) is 35.4 Å². The molecule has 0 aromatic heterocycles. The van der Waals surface area contributed by atoms with Gasteiger partial charge in [0.05, 0.1) is 7.11 Å². The number of esters is 1. The maximum Gasteiger partial charge on any atom is 0.408 e. The topological polar surface area (TPSA) is 93.7 Å². The largest absolute Gasteiger partial charge is 0.467 e. The van der Waals surface area contributed by atoms with Gasteiger partial charge in [0.15, 0.2) is 0 Å². The third-order valence-corrected chi connectivity index (χ3v) is 3.81. The quantitative estimate of drug-likeness (QED) is 0.588. The lowest BCUT2D eigenvalue weighted by Gasteiger charge is -2.19. The minimum absolute atomic E-state index is 0.232. The zero-order valence-electron chi connectivity index (χ0n) is 13.1. The fourth-order valence-corrected chi connectivity index (χ4v) is 2.57. The fourth-order valence-electron chi connectivity index (χ4n) is 2.40. The van der Waals surface area contributed by atoms with E-state index in [9.17, 15) is 14.4 Å². The van der Waals surface area contributed by atoms with Crippen LogP contribution in [0.15, 0.2) is 24.3 Å². The van der Waals surface area contributed by atoms with Crippen molar-refractivity contribution in [2.75, 3.05) is 13.7 Å². The summed E-state index contributed by atoms with van der Waals surface area (Å²) in [6, 6.07) is 4.99. The zero-order valence-corrected chi connectivity index (χ0v) is 15.3. The summed E-state index contributed by atoms with van der Waals surface area (Å²) >= 11 is 16.6. The van der Waals surface area contributed by atoms with Crippen molar-refractivity contribution in [3.63, 3.8) is 0 Å². The van der Waals surface area contributed by atoms with Crippen LogP contribution in [0.5, 0.6) is 0 Å². The minimum atomic E-state index is -1.77. The van der Waals surface area contributed by atoms with Crippen molar-refractivity contribution in [2.24, 2.45) is 0 Å². The number of methoxy groups -OCH3 is 1. The second-order valence-corrected chi connectivity index (χ2v) is 7.77. The van der Waals surface area contributed by atoms with Crippen molar-refractivity contribution in [1.82, 2.24) is 10.6 Å². The Morgan fingerprint density at radius 2 is 2.00 bits per heavy atom. The number of carbonyl (C=O) groups excluding carboxylic acids is 3. The van der Waals surface area contributed by atoms with Crippen molar-refractivity contribution >= 4 is 52.8 Å². The van der Waals surface area contributed by atoms with Gasteiger partial charge in [-0.1, -0.05) is 59.1 Å². The van der Waals surface area contributed by atoms with Crippen LogP contribution in [0.1, 0.15) is 17.2 Å². The molecule has 0 fully saturated rings. The summed E-state index contributed by atoms with van der Waals surface area (Å²) in [6.07, 6.45) is -0.700. The summed E-state index contributed by atoms with van der Waals surface area (Å²) in [4.78, 5) is 36.2. The van der Waals surface area contributed by atoms with E-state index in [-0.39, 0.29) is 6.42 Å². The van der Waals surface area contributed by atoms with E-state index in [1.807, 2.05) is 0 Å². The molecule has 0 spiro atoms. The minimum Gasteiger partial charge on any atom is -0.467 e. The average molecular weight is 410 g/mol. The molecule has 0 saturated carbocycles. The normalized spacial score (nSPS) is 19.9. The Hall–Kier alpha value is -1.70. The highest BCUT2D eigenvalue weighted by molar-refractivity contribution is 6.67. The van der Waals surface area contributed by atoms with Gasteiger partial charge in [-0.05, 0) is 11.1 Å². The molecular formula is C15H15Cl3N2O5. The third kappa shape index (κ3) is 5.39. The van der Waals surface area contributed by atoms with Gasteiger partial charge in [-0.3, -0.25) is 4.79 Å². The van der Waals surface area contributed by atoms with Gasteiger partial charge in [0.1, 0.15) is 18.7 Å². The smallest absolute Gasteiger partial charge is 0.408 e. The Morgan fingerprint density at radius 1 is 1.32 bits per heavy atom. The first-order valence-electron chi connectivity index (χ1n) is 7.17. The highest BCUT2D eigenvalue weighted by Crippen LogP contribution is 2.27. The summed E-state index contributed by atoms with van der Waals surface area (Å²) in [7, 11) is 1.23. The average Bonchev–Trinajstić information content (AvgIpc) is 2.69. The van der Waals surface area contributed by atoms with Gasteiger partial charge in [0.25, 0.3) is 0 Å². The second-order valence-electron chi connectivity index (χ2n) is 5.26. The van der Waals surface area contributed by atoms with Crippen LogP contribution in [0.25, 0.3) is 0 Å². The molecule has 0 saturated heterocycles. The van der Waals surface area contributed by atoms with Gasteiger partial charge >= 0.3 is 12.1 Å². The molecule has 2 amide bonds. The molecular weight excluding hydrogens is 395 g/mol. The number of nitrogens with one attached hydrogen (secondary N) is 2. The van der Waals surface area contributed by atoms with E-state index in [1.54, 1.807) is 24.3 Å². The van der Waals surface area contributed by atoms with Crippen LogP contribution < -0.4 is 10.6 Å². The molecule has 1 aromatic carbocycles. The molecule has 2 rings (SSSR count). The van der Waals surface area contributed by atoms with Gasteiger partial charge < -0.3 is 20.1 Å². The number of fused-ring (bicyclic) bond motifs is 1. The van der Waals surface area contributed by atoms with Gasteiger partial charge in [-0.25, -0.2) is 9.59 Å². The van der Waals surface area contributed by atoms with Crippen molar-refractivity contribution < 1.29 is 23.9 Å². The number of alkyl halides is 3. The SMILES string of the molecule is COC(=O)[C@@H]1Cc2ccccc2C(NC(=O)OCC(Cl)(Cl)Cl)C(=O)N1. The molecule has 2 atom stereocenters. The van der Waals surface area contributed by atoms with Crippen molar-refractivity contribution in [2.45, 2.75) is 22.3 Å². The van der Waals surface area contributed by atoms with Crippen LogP contribution in [-0.4, -0.2) is 41.5 Å². The van der Waals surface area contributed by atoms with E-state index < -0.39 is 40.5 Å². The highest BCUT2D eigenvalue weighted by atomic mass is 35.6. The number of benzene rings is 1. The molecule has 0 radical (unpaired) electrons. The van der Waals surface area contributed by atoms with E-state index in [1.165, 1.54) is 7.11 Å². The number of rotatable bonds is 3. The van der Waals surface area contributed by atoms with E-state index in [0.29, 0.717) is 11.1 Å². The van der Waals surface area contributed by atoms with E-state index in [2.05, 4.69) is 10.6 Å². The molecule has 7 nitrogen and oxygen atoms in total. The first-order valence-corrected chi connectivity index (χ1v) is 8.30. The fraction of sp³-hybridized carbons (Fsp3) is 0.400. The van der Waals surface area contributed by atoms with Gasteiger partial charge in [0, 0.05) is 6.42 Å². The standard InChI is InChI=1S/C15H15Cl3N2O5/c1-24-13(22)10-6-8-4-2-3-5-9(8)11(12(21)19-10)20-14(23)25-7-15(16,17)18/h2-5,10-11H,6-7H2,1H3,(H,19,21)(H,20,23)/t10-,11?/m0/s1. The molecule has 1 heterocycles. The van der Waals surface area contributed by atoms with Crippen molar-refractivity contribution in [1.29, 1.82) is 0 Å². The monoisotopic (exact) mass is 408 g/mol. The predicted molar refractivity (Wildman–Crippen MR) is 91.6 cm³/mol. The predicted octanol–water partition coefficient (Wildman–Crippen LogP) is 2.04. The molecule has 0 bridgehead atoms. The maximum absolute atomic E-state index is 12.5. The van der Waals surface area contributed by atoms with Crippen LogP contribution in [0.2, 0.25) is 0 Å².